The molecule has 1 rings (SSSR count). The maximum absolute atomic E-state index is 11.5. The van der Waals surface area contributed by atoms with Crippen LogP contribution in [0.15, 0.2) is 0 Å². The number of nitrogens with two attached hydrogens (primary N) is 1. The van der Waals surface area contributed by atoms with Crippen LogP contribution >= 0.6 is 0 Å². The molecule has 4 heteroatoms. The number of aliphatic hydroxyl groups is 1. The molecule has 0 aromatic heterocycles. The van der Waals surface area contributed by atoms with Crippen LogP contribution in [0.1, 0.15) is 26.2 Å². The fourth-order valence-corrected chi connectivity index (χ4v) is 1.71. The Balaban J connectivity index is 2.38. The van der Waals surface area contributed by atoms with Gasteiger partial charge < -0.3 is 16.2 Å². The van der Waals surface area contributed by atoms with Gasteiger partial charge in [0.25, 0.3) is 0 Å². The Kier molecular flexibility index (Phi) is 3.69. The number of rotatable bonds is 3. The van der Waals surface area contributed by atoms with Gasteiger partial charge in [0.15, 0.2) is 0 Å². The Labute approximate surface area is 78.5 Å². The van der Waals surface area contributed by atoms with Crippen molar-refractivity contribution < 1.29 is 9.90 Å². The summed E-state index contributed by atoms with van der Waals surface area (Å²) in [7, 11) is 0. The molecule has 76 valence electrons. The summed E-state index contributed by atoms with van der Waals surface area (Å²) in [6.45, 7) is 1.76. The summed E-state index contributed by atoms with van der Waals surface area (Å²) in [6, 6.07) is -0.161. The zero-order valence-corrected chi connectivity index (χ0v) is 7.99. The normalized spacial score (nSPS) is 30.1. The topological polar surface area (TPSA) is 75.3 Å². The van der Waals surface area contributed by atoms with E-state index in [0.29, 0.717) is 0 Å². The second-order valence-electron chi connectivity index (χ2n) is 3.79. The maximum atomic E-state index is 11.5. The van der Waals surface area contributed by atoms with Crippen LogP contribution in [-0.4, -0.2) is 29.7 Å². The van der Waals surface area contributed by atoms with Gasteiger partial charge in [0.05, 0.1) is 12.5 Å². The van der Waals surface area contributed by atoms with Crippen LogP contribution in [0, 0.1) is 5.92 Å². The molecule has 1 aliphatic carbocycles. The van der Waals surface area contributed by atoms with E-state index in [2.05, 4.69) is 5.32 Å². The molecule has 1 fully saturated rings. The summed E-state index contributed by atoms with van der Waals surface area (Å²) in [4.78, 5) is 11.5. The van der Waals surface area contributed by atoms with E-state index in [9.17, 15) is 4.79 Å². The number of nitrogens with one attached hydrogen (secondary N) is 1. The van der Waals surface area contributed by atoms with Crippen LogP contribution in [0.5, 0.6) is 0 Å². The number of hydrogen-bond donors (Lipinski definition) is 3. The monoisotopic (exact) mass is 186 g/mol. The fourth-order valence-electron chi connectivity index (χ4n) is 1.71. The van der Waals surface area contributed by atoms with Gasteiger partial charge in [-0.2, -0.15) is 0 Å². The standard InChI is InChI=1S/C9H18N2O2/c1-6(5-12)11-9(13)7-3-2-4-8(7)10/h6-8,12H,2-5,10H2,1H3,(H,11,13). The summed E-state index contributed by atoms with van der Waals surface area (Å²) in [6.07, 6.45) is 2.85. The molecule has 1 saturated carbocycles. The molecule has 1 aliphatic rings. The summed E-state index contributed by atoms with van der Waals surface area (Å²) in [5.41, 5.74) is 5.77. The first kappa shape index (κ1) is 10.5. The van der Waals surface area contributed by atoms with Gasteiger partial charge >= 0.3 is 0 Å². The molecule has 1 amide bonds. The van der Waals surface area contributed by atoms with E-state index in [-0.39, 0.29) is 30.5 Å². The van der Waals surface area contributed by atoms with Gasteiger partial charge in [-0.05, 0) is 19.8 Å². The highest BCUT2D eigenvalue weighted by molar-refractivity contribution is 5.79. The van der Waals surface area contributed by atoms with E-state index in [0.717, 1.165) is 19.3 Å². The summed E-state index contributed by atoms with van der Waals surface area (Å²) < 4.78 is 0. The van der Waals surface area contributed by atoms with Gasteiger partial charge in [0.1, 0.15) is 0 Å². The van der Waals surface area contributed by atoms with Gasteiger partial charge in [-0.25, -0.2) is 0 Å². The van der Waals surface area contributed by atoms with Gasteiger partial charge in [-0.1, -0.05) is 6.42 Å². The third-order valence-electron chi connectivity index (χ3n) is 2.57. The Bertz CT molecular complexity index is 184. The highest BCUT2D eigenvalue weighted by atomic mass is 16.3. The fraction of sp³-hybridized carbons (Fsp3) is 0.889. The molecule has 0 radical (unpaired) electrons. The van der Waals surface area contributed by atoms with Crippen LogP contribution in [0.3, 0.4) is 0 Å². The molecule has 13 heavy (non-hydrogen) atoms. The minimum Gasteiger partial charge on any atom is -0.394 e. The first-order valence-corrected chi connectivity index (χ1v) is 4.82. The number of aliphatic hydroxyl groups excluding tert-OH is 1. The van der Waals surface area contributed by atoms with Crippen LogP contribution in [0.2, 0.25) is 0 Å². The minimum absolute atomic E-state index is 0.00546. The van der Waals surface area contributed by atoms with Crippen molar-refractivity contribution in [2.45, 2.75) is 38.3 Å². The SMILES string of the molecule is CC(CO)NC(=O)C1CCCC1N. The van der Waals surface area contributed by atoms with Crippen molar-refractivity contribution >= 4 is 5.91 Å². The highest BCUT2D eigenvalue weighted by Crippen LogP contribution is 2.23. The van der Waals surface area contributed by atoms with Crippen molar-refractivity contribution in [3.8, 4) is 0 Å². The van der Waals surface area contributed by atoms with E-state index in [4.69, 9.17) is 10.8 Å². The molecular weight excluding hydrogens is 168 g/mol. The van der Waals surface area contributed by atoms with Gasteiger partial charge in [0.2, 0.25) is 5.91 Å². The number of carbonyl (C=O) groups is 1. The first-order valence-electron chi connectivity index (χ1n) is 4.82. The molecular formula is C9H18N2O2. The van der Waals surface area contributed by atoms with E-state index in [1.165, 1.54) is 0 Å². The van der Waals surface area contributed by atoms with Crippen LogP contribution < -0.4 is 11.1 Å². The lowest BCUT2D eigenvalue weighted by Gasteiger charge is -2.17. The van der Waals surface area contributed by atoms with Crippen LogP contribution in [-0.2, 0) is 4.79 Å². The average molecular weight is 186 g/mol. The molecule has 0 heterocycles. The van der Waals surface area contributed by atoms with Gasteiger partial charge in [-0.3, -0.25) is 4.79 Å². The number of amides is 1. The van der Waals surface area contributed by atoms with Crippen molar-refractivity contribution in [2.75, 3.05) is 6.61 Å². The van der Waals surface area contributed by atoms with Gasteiger partial charge in [0, 0.05) is 12.1 Å². The Morgan fingerprint density at radius 2 is 2.38 bits per heavy atom. The maximum Gasteiger partial charge on any atom is 0.224 e. The molecule has 3 unspecified atom stereocenters. The van der Waals surface area contributed by atoms with E-state index in [1.807, 2.05) is 0 Å². The lowest BCUT2D eigenvalue weighted by molar-refractivity contribution is -0.126. The minimum atomic E-state index is -0.166. The van der Waals surface area contributed by atoms with Crippen molar-refractivity contribution in [1.29, 1.82) is 0 Å². The second kappa shape index (κ2) is 4.58. The number of carbonyl (C=O) groups excluding carboxylic acids is 1. The van der Waals surface area contributed by atoms with Crippen LogP contribution in [0.25, 0.3) is 0 Å². The summed E-state index contributed by atoms with van der Waals surface area (Å²) in [5.74, 6) is -0.0550. The average Bonchev–Trinajstić information content (AvgIpc) is 2.51. The van der Waals surface area contributed by atoms with E-state index >= 15 is 0 Å². The third kappa shape index (κ3) is 2.67. The largest absolute Gasteiger partial charge is 0.394 e. The van der Waals surface area contributed by atoms with Crippen molar-refractivity contribution in [2.24, 2.45) is 11.7 Å². The van der Waals surface area contributed by atoms with E-state index < -0.39 is 0 Å². The summed E-state index contributed by atoms with van der Waals surface area (Å²) >= 11 is 0. The Morgan fingerprint density at radius 1 is 1.69 bits per heavy atom. The Hall–Kier alpha value is -0.610. The molecule has 0 bridgehead atoms. The molecule has 0 aromatic carbocycles. The zero-order chi connectivity index (χ0) is 9.84. The van der Waals surface area contributed by atoms with Crippen molar-refractivity contribution in [1.82, 2.24) is 5.32 Å². The zero-order valence-electron chi connectivity index (χ0n) is 7.99. The number of hydrogen-bond acceptors (Lipinski definition) is 3. The first-order chi connectivity index (χ1) is 6.15. The lowest BCUT2D eigenvalue weighted by atomic mass is 10.0. The van der Waals surface area contributed by atoms with Gasteiger partial charge in [-0.15, -0.1) is 0 Å². The van der Waals surface area contributed by atoms with Crippen molar-refractivity contribution in [3.63, 3.8) is 0 Å². The molecule has 3 atom stereocenters. The molecule has 0 saturated heterocycles. The van der Waals surface area contributed by atoms with Crippen LogP contribution in [0.4, 0.5) is 0 Å². The smallest absolute Gasteiger partial charge is 0.224 e. The third-order valence-corrected chi connectivity index (χ3v) is 2.57. The highest BCUT2D eigenvalue weighted by Gasteiger charge is 2.30. The predicted octanol–water partition coefficient (Wildman–Crippen LogP) is -0.389. The quantitative estimate of drug-likeness (QED) is 0.562. The summed E-state index contributed by atoms with van der Waals surface area (Å²) in [5, 5.41) is 11.5. The molecule has 0 aromatic rings. The molecule has 4 N–H and O–H groups in total. The van der Waals surface area contributed by atoms with Crippen molar-refractivity contribution in [3.05, 3.63) is 0 Å². The van der Waals surface area contributed by atoms with E-state index in [1.54, 1.807) is 6.92 Å². The Morgan fingerprint density at radius 3 is 2.85 bits per heavy atom. The predicted molar refractivity (Wildman–Crippen MR) is 50.0 cm³/mol. The molecule has 0 spiro atoms. The second-order valence-corrected chi connectivity index (χ2v) is 3.79. The molecule has 4 nitrogen and oxygen atoms in total. The molecule has 0 aliphatic heterocycles. The lowest BCUT2D eigenvalue weighted by Crippen LogP contribution is -2.43.